The van der Waals surface area contributed by atoms with Gasteiger partial charge in [-0.25, -0.2) is 0 Å². The highest BCUT2D eigenvalue weighted by Gasteiger charge is 2.50. The molecule has 222 valence electrons. The molecule has 0 unspecified atom stereocenters. The number of aliphatic hydroxyl groups excluding tert-OH is 5. The Morgan fingerprint density at radius 2 is 1.76 bits per heavy atom. The van der Waals surface area contributed by atoms with Gasteiger partial charge in [0.2, 0.25) is 11.7 Å². The Morgan fingerprint density at radius 3 is 2.41 bits per heavy atom. The first kappa shape index (κ1) is 29.2. The fraction of sp³-hybridized carbons (Fsp3) is 0.444. The molecule has 2 aromatic carbocycles. The minimum atomic E-state index is -1.92. The number of benzene rings is 2. The number of methoxy groups -OCH3 is 1. The maximum Gasteiger partial charge on any atom is 0.229 e. The van der Waals surface area contributed by atoms with E-state index in [1.54, 1.807) is 12.1 Å². The van der Waals surface area contributed by atoms with E-state index in [9.17, 15) is 40.5 Å². The van der Waals surface area contributed by atoms with Crippen LogP contribution >= 0.6 is 0 Å². The summed E-state index contributed by atoms with van der Waals surface area (Å²) in [5, 5.41) is 70.6. The minimum Gasteiger partial charge on any atom is -0.508 e. The van der Waals surface area contributed by atoms with Crippen molar-refractivity contribution < 1.29 is 63.8 Å². The normalized spacial score (nSPS) is 31.8. The Kier molecular flexibility index (Phi) is 8.20. The molecule has 5 rings (SSSR count). The Morgan fingerprint density at radius 1 is 1.02 bits per heavy atom. The summed E-state index contributed by atoms with van der Waals surface area (Å²) >= 11 is 0. The zero-order valence-electron chi connectivity index (χ0n) is 21.7. The molecular weight excluding hydrogens is 548 g/mol. The predicted octanol–water partition coefficient (Wildman–Crippen LogP) is -1.18. The number of rotatable bonds is 8. The average Bonchev–Trinajstić information content (AvgIpc) is 3.26. The summed E-state index contributed by atoms with van der Waals surface area (Å²) < 4.78 is 33.1. The molecule has 0 saturated carbocycles. The van der Waals surface area contributed by atoms with E-state index in [2.05, 4.69) is 0 Å². The zero-order valence-corrected chi connectivity index (χ0v) is 21.7. The number of aromatic hydroxyl groups is 1. The first-order chi connectivity index (χ1) is 19.6. The first-order valence-electron chi connectivity index (χ1n) is 12.6. The van der Waals surface area contributed by atoms with Crippen LogP contribution in [0.5, 0.6) is 17.2 Å². The minimum absolute atomic E-state index is 0.0322. The van der Waals surface area contributed by atoms with E-state index in [0.717, 1.165) is 0 Å². The van der Waals surface area contributed by atoms with Gasteiger partial charge in [0, 0.05) is 12.1 Å². The number of ether oxygens (including phenoxy) is 5. The maximum absolute atomic E-state index is 13.3. The highest BCUT2D eigenvalue weighted by molar-refractivity contribution is 5.88. The van der Waals surface area contributed by atoms with Gasteiger partial charge in [0.1, 0.15) is 70.6 Å². The Hall–Kier alpha value is -3.31. The van der Waals surface area contributed by atoms with E-state index in [-0.39, 0.29) is 33.8 Å². The summed E-state index contributed by atoms with van der Waals surface area (Å²) in [6.45, 7) is -1.62. The van der Waals surface area contributed by atoms with Gasteiger partial charge in [0.05, 0.1) is 32.5 Å². The quantitative estimate of drug-likeness (QED) is 0.167. The van der Waals surface area contributed by atoms with Gasteiger partial charge in [-0.15, -0.1) is 0 Å². The molecule has 1 aromatic heterocycles. The van der Waals surface area contributed by atoms with Crippen LogP contribution in [-0.2, 0) is 14.2 Å². The van der Waals surface area contributed by atoms with Crippen molar-refractivity contribution in [1.82, 2.24) is 0 Å². The average molecular weight is 579 g/mol. The SMILES string of the molecule is COc1cc(O[C@@H]2O[C@H](CO[C@@H]3OC[C@](O)(CO)[C@H]3O)[C@@H](O)[C@H](O)[C@H]2O)cc2occ(-c3ccc(O)cc3)c(=O)c12. The molecule has 0 aliphatic carbocycles. The highest BCUT2D eigenvalue weighted by Crippen LogP contribution is 2.34. The summed E-state index contributed by atoms with van der Waals surface area (Å²) in [5.41, 5.74) is -1.51. The van der Waals surface area contributed by atoms with Crippen molar-refractivity contribution in [2.45, 2.75) is 48.7 Å². The number of phenolic OH excluding ortho intramolecular Hbond substituents is 1. The molecule has 14 nitrogen and oxygen atoms in total. The van der Waals surface area contributed by atoms with Crippen molar-refractivity contribution in [3.8, 4) is 28.4 Å². The standard InChI is InChI=1S/C27H30O14/c1-36-16-6-14(7-17-19(16)20(30)15(8-37-17)12-2-4-13(29)5-3-12)40-25-23(33)22(32)21(31)18(41-25)9-38-26-24(34)27(35,10-28)11-39-26/h2-8,18,21-26,28-29,31-35H,9-11H2,1H3/t18-,21-,22+,23-,24+,25-,26-,27-/m1/s1. The fourth-order valence-corrected chi connectivity index (χ4v) is 4.67. The number of fused-ring (bicyclic) bond motifs is 1. The Bertz CT molecular complexity index is 1420. The summed E-state index contributed by atoms with van der Waals surface area (Å²) in [4.78, 5) is 13.3. The van der Waals surface area contributed by atoms with Crippen molar-refractivity contribution in [3.05, 3.63) is 52.9 Å². The van der Waals surface area contributed by atoms with Crippen LogP contribution in [0.4, 0.5) is 0 Å². The van der Waals surface area contributed by atoms with Gasteiger partial charge in [-0.3, -0.25) is 4.79 Å². The van der Waals surface area contributed by atoms with Crippen LogP contribution in [0.3, 0.4) is 0 Å². The predicted molar refractivity (Wildman–Crippen MR) is 137 cm³/mol. The first-order valence-corrected chi connectivity index (χ1v) is 12.6. The number of hydrogen-bond donors (Lipinski definition) is 7. The molecule has 0 radical (unpaired) electrons. The van der Waals surface area contributed by atoms with E-state index in [1.807, 2.05) is 0 Å². The van der Waals surface area contributed by atoms with Crippen molar-refractivity contribution in [3.63, 3.8) is 0 Å². The Balaban J connectivity index is 1.36. The molecule has 2 fully saturated rings. The molecule has 2 aliphatic rings. The van der Waals surface area contributed by atoms with E-state index >= 15 is 0 Å². The van der Waals surface area contributed by atoms with Crippen LogP contribution in [-0.4, -0.2) is 111 Å². The van der Waals surface area contributed by atoms with Gasteiger partial charge in [0.25, 0.3) is 0 Å². The van der Waals surface area contributed by atoms with E-state index in [1.165, 1.54) is 37.6 Å². The topological polar surface area (TPSA) is 218 Å². The summed E-state index contributed by atoms with van der Waals surface area (Å²) in [7, 11) is 1.34. The molecule has 7 N–H and O–H groups in total. The molecule has 3 heterocycles. The molecule has 8 atom stereocenters. The summed E-state index contributed by atoms with van der Waals surface area (Å²) in [6, 6.07) is 8.71. The zero-order chi connectivity index (χ0) is 29.5. The van der Waals surface area contributed by atoms with Crippen molar-refractivity contribution in [1.29, 1.82) is 0 Å². The lowest BCUT2D eigenvalue weighted by Crippen LogP contribution is -2.60. The van der Waals surface area contributed by atoms with Gasteiger partial charge in [0.15, 0.2) is 6.29 Å². The largest absolute Gasteiger partial charge is 0.508 e. The van der Waals surface area contributed by atoms with Crippen molar-refractivity contribution in [2.24, 2.45) is 0 Å². The van der Waals surface area contributed by atoms with Gasteiger partial charge in [-0.05, 0) is 17.7 Å². The second kappa shape index (κ2) is 11.5. The lowest BCUT2D eigenvalue weighted by atomic mass is 9.99. The molecule has 3 aromatic rings. The van der Waals surface area contributed by atoms with Gasteiger partial charge in [-0.1, -0.05) is 12.1 Å². The second-order valence-corrected chi connectivity index (χ2v) is 9.88. The molecule has 0 amide bonds. The van der Waals surface area contributed by atoms with Crippen molar-refractivity contribution >= 4 is 11.0 Å². The molecule has 41 heavy (non-hydrogen) atoms. The molecule has 14 heteroatoms. The second-order valence-electron chi connectivity index (χ2n) is 9.88. The molecule has 0 bridgehead atoms. The monoisotopic (exact) mass is 578 g/mol. The van der Waals surface area contributed by atoms with Gasteiger partial charge in [-0.2, -0.15) is 0 Å². The Labute approximate surface area is 232 Å². The van der Waals surface area contributed by atoms with E-state index in [0.29, 0.717) is 5.56 Å². The molecule has 2 aliphatic heterocycles. The smallest absolute Gasteiger partial charge is 0.229 e. The third kappa shape index (κ3) is 5.49. The molecule has 0 spiro atoms. The molecular formula is C27H30O14. The third-order valence-corrected chi connectivity index (χ3v) is 7.14. The van der Waals surface area contributed by atoms with Crippen LogP contribution in [0.25, 0.3) is 22.1 Å². The summed E-state index contributed by atoms with van der Waals surface area (Å²) in [5.74, 6) is 0.154. The van der Waals surface area contributed by atoms with Crippen LogP contribution in [0.1, 0.15) is 0 Å². The van der Waals surface area contributed by atoms with E-state index < -0.39 is 74.0 Å². The lowest BCUT2D eigenvalue weighted by Gasteiger charge is -2.40. The molecule has 2 saturated heterocycles. The van der Waals surface area contributed by atoms with Crippen LogP contribution in [0, 0.1) is 0 Å². The van der Waals surface area contributed by atoms with Crippen LogP contribution < -0.4 is 14.9 Å². The van der Waals surface area contributed by atoms with Crippen LogP contribution in [0.2, 0.25) is 0 Å². The van der Waals surface area contributed by atoms with Crippen molar-refractivity contribution in [2.75, 3.05) is 26.9 Å². The highest BCUT2D eigenvalue weighted by atomic mass is 16.7. The fourth-order valence-electron chi connectivity index (χ4n) is 4.67. The number of aliphatic hydroxyl groups is 6. The van der Waals surface area contributed by atoms with Gasteiger partial charge < -0.3 is 63.8 Å². The van der Waals surface area contributed by atoms with E-state index in [4.69, 9.17) is 28.1 Å². The van der Waals surface area contributed by atoms with Gasteiger partial charge >= 0.3 is 0 Å². The third-order valence-electron chi connectivity index (χ3n) is 7.14. The number of phenols is 1. The number of hydrogen-bond acceptors (Lipinski definition) is 14. The van der Waals surface area contributed by atoms with Crippen LogP contribution in [0.15, 0.2) is 51.9 Å². The maximum atomic E-state index is 13.3. The lowest BCUT2D eigenvalue weighted by molar-refractivity contribution is -0.289. The summed E-state index contributed by atoms with van der Waals surface area (Å²) in [6.07, 6.45) is -9.56.